The molecule has 21 heavy (non-hydrogen) atoms. The van der Waals surface area contributed by atoms with Crippen molar-refractivity contribution in [2.45, 2.75) is 39.4 Å². The molecule has 0 fully saturated rings. The molecule has 0 radical (unpaired) electrons. The lowest BCUT2D eigenvalue weighted by Gasteiger charge is -2.30. The van der Waals surface area contributed by atoms with Crippen LogP contribution in [0.3, 0.4) is 0 Å². The second-order valence-corrected chi connectivity index (χ2v) is 6.34. The molecule has 3 heterocycles. The lowest BCUT2D eigenvalue weighted by Crippen LogP contribution is -2.37. The third kappa shape index (κ3) is 2.71. The number of aliphatic carboxylic acids is 1. The van der Waals surface area contributed by atoms with E-state index >= 15 is 0 Å². The third-order valence-electron chi connectivity index (χ3n) is 3.79. The van der Waals surface area contributed by atoms with Crippen molar-refractivity contribution in [3.8, 4) is 0 Å². The fourth-order valence-corrected chi connectivity index (χ4v) is 3.46. The lowest BCUT2D eigenvalue weighted by atomic mass is 9.98. The van der Waals surface area contributed by atoms with E-state index in [0.29, 0.717) is 19.6 Å². The summed E-state index contributed by atoms with van der Waals surface area (Å²) in [5.74, 6) is -1.30. The molecule has 1 aliphatic rings. The van der Waals surface area contributed by atoms with E-state index in [0.717, 1.165) is 28.6 Å². The van der Waals surface area contributed by atoms with E-state index in [2.05, 4.69) is 14.9 Å². The average molecular weight is 306 g/mol. The number of aryl methyl sites for hydroxylation is 2. The molecule has 1 N–H and O–H groups in total. The third-order valence-corrected chi connectivity index (χ3v) is 4.62. The van der Waals surface area contributed by atoms with Crippen LogP contribution in [0.5, 0.6) is 0 Å². The summed E-state index contributed by atoms with van der Waals surface area (Å²) in [6, 6.07) is 0. The molecule has 2 aromatic heterocycles. The van der Waals surface area contributed by atoms with Crippen LogP contribution in [0.2, 0.25) is 0 Å². The molecule has 0 aromatic carbocycles. The Balaban J connectivity index is 1.86. The van der Waals surface area contributed by atoms with E-state index < -0.39 is 11.9 Å². The summed E-state index contributed by atoms with van der Waals surface area (Å²) in [5.41, 5.74) is 2.73. The zero-order valence-electron chi connectivity index (χ0n) is 12.1. The van der Waals surface area contributed by atoms with Gasteiger partial charge in [0.15, 0.2) is 0 Å². The summed E-state index contributed by atoms with van der Waals surface area (Å²) in [4.78, 5) is 22.6. The number of carboxylic acids is 1. The Bertz CT molecular complexity index is 664. The highest BCUT2D eigenvalue weighted by Gasteiger charge is 2.34. The number of hydrogen-bond donors (Lipinski definition) is 1. The number of carboxylic acid groups (broad SMARTS) is 1. The molecule has 3 rings (SSSR count). The maximum atomic E-state index is 11.6. The maximum Gasteiger partial charge on any atom is 0.313 e. The van der Waals surface area contributed by atoms with Gasteiger partial charge in [-0.15, -0.1) is 11.3 Å². The molecule has 1 atom stereocenters. The van der Waals surface area contributed by atoms with Gasteiger partial charge in [-0.3, -0.25) is 9.69 Å². The van der Waals surface area contributed by atoms with E-state index in [1.165, 1.54) is 0 Å². The van der Waals surface area contributed by atoms with Crippen molar-refractivity contribution < 1.29 is 9.90 Å². The molecule has 112 valence electrons. The van der Waals surface area contributed by atoms with Gasteiger partial charge >= 0.3 is 5.97 Å². The molecule has 0 bridgehead atoms. The largest absolute Gasteiger partial charge is 0.481 e. The van der Waals surface area contributed by atoms with Gasteiger partial charge in [0, 0.05) is 31.6 Å². The van der Waals surface area contributed by atoms with Crippen LogP contribution in [0, 0.1) is 6.92 Å². The maximum absolute atomic E-state index is 11.6. The molecule has 7 heteroatoms. The van der Waals surface area contributed by atoms with Crippen LogP contribution in [0.1, 0.15) is 34.9 Å². The minimum Gasteiger partial charge on any atom is -0.481 e. The molecule has 2 aromatic rings. The topological polar surface area (TPSA) is 71.2 Å². The Morgan fingerprint density at radius 2 is 2.38 bits per heavy atom. The van der Waals surface area contributed by atoms with E-state index in [-0.39, 0.29) is 0 Å². The van der Waals surface area contributed by atoms with E-state index in [1.54, 1.807) is 17.7 Å². The Hall–Kier alpha value is -1.73. The second kappa shape index (κ2) is 5.57. The van der Waals surface area contributed by atoms with Gasteiger partial charge in [-0.1, -0.05) is 0 Å². The first kappa shape index (κ1) is 14.2. The summed E-state index contributed by atoms with van der Waals surface area (Å²) in [7, 11) is 0. The molecule has 0 aliphatic carbocycles. The number of nitrogens with zero attached hydrogens (tertiary/aromatic N) is 4. The highest BCUT2D eigenvalue weighted by Crippen LogP contribution is 2.29. The molecule has 6 nitrogen and oxygen atoms in total. The fourth-order valence-electron chi connectivity index (χ4n) is 2.86. The van der Waals surface area contributed by atoms with Gasteiger partial charge in [0.05, 0.1) is 28.4 Å². The van der Waals surface area contributed by atoms with Gasteiger partial charge < -0.3 is 9.67 Å². The van der Waals surface area contributed by atoms with Gasteiger partial charge in [-0.25, -0.2) is 9.97 Å². The van der Waals surface area contributed by atoms with Crippen molar-refractivity contribution in [3.63, 3.8) is 0 Å². The Morgan fingerprint density at radius 1 is 1.57 bits per heavy atom. The minimum atomic E-state index is -0.786. The second-order valence-electron chi connectivity index (χ2n) is 5.28. The Labute approximate surface area is 127 Å². The number of fused-ring (bicyclic) bond motifs is 1. The monoisotopic (exact) mass is 306 g/mol. The molecule has 0 saturated carbocycles. The Kier molecular flexibility index (Phi) is 3.77. The summed E-state index contributed by atoms with van der Waals surface area (Å²) in [6.07, 6.45) is 1.75. The molecule has 0 saturated heterocycles. The zero-order chi connectivity index (χ0) is 15.0. The average Bonchev–Trinajstić information content (AvgIpc) is 3.03. The molecular weight excluding hydrogens is 288 g/mol. The fraction of sp³-hybridized carbons (Fsp3) is 0.500. The summed E-state index contributed by atoms with van der Waals surface area (Å²) >= 11 is 1.62. The van der Waals surface area contributed by atoms with Crippen LogP contribution in [-0.4, -0.2) is 37.1 Å². The number of aromatic nitrogens is 3. The quantitative estimate of drug-likeness (QED) is 0.933. The summed E-state index contributed by atoms with van der Waals surface area (Å²) in [5, 5.41) is 12.6. The SMILES string of the molecule is CCn1cnc2c1C(C(=O)O)CN(Cc1csc(C)n1)C2. The van der Waals surface area contributed by atoms with E-state index in [9.17, 15) is 9.90 Å². The number of carbonyl (C=O) groups is 1. The first-order valence-corrected chi connectivity index (χ1v) is 7.86. The first-order chi connectivity index (χ1) is 10.1. The number of imidazole rings is 1. The van der Waals surface area contributed by atoms with Gasteiger partial charge in [0.1, 0.15) is 5.92 Å². The summed E-state index contributed by atoms with van der Waals surface area (Å²) in [6.45, 7) is 6.59. The molecule has 0 amide bonds. The van der Waals surface area contributed by atoms with Crippen molar-refractivity contribution >= 4 is 17.3 Å². The van der Waals surface area contributed by atoms with E-state index in [1.807, 2.05) is 23.8 Å². The van der Waals surface area contributed by atoms with Gasteiger partial charge in [0.25, 0.3) is 0 Å². The van der Waals surface area contributed by atoms with Crippen LogP contribution in [-0.2, 0) is 24.4 Å². The molecule has 1 unspecified atom stereocenters. The molecule has 0 spiro atoms. The van der Waals surface area contributed by atoms with Crippen molar-refractivity contribution in [2.75, 3.05) is 6.54 Å². The van der Waals surface area contributed by atoms with Crippen LogP contribution in [0.25, 0.3) is 0 Å². The van der Waals surface area contributed by atoms with Crippen molar-refractivity contribution in [2.24, 2.45) is 0 Å². The van der Waals surface area contributed by atoms with Crippen LogP contribution < -0.4 is 0 Å². The van der Waals surface area contributed by atoms with Gasteiger partial charge in [-0.2, -0.15) is 0 Å². The predicted octanol–water partition coefficient (Wildman–Crippen LogP) is 1.85. The van der Waals surface area contributed by atoms with Crippen LogP contribution >= 0.6 is 11.3 Å². The standard InChI is InChI=1S/C14H18N4O2S/c1-3-18-8-15-12-6-17(4-10-7-21-9(2)16-10)5-11(13(12)18)14(19)20/h7-8,11H,3-6H2,1-2H3,(H,19,20). The smallest absolute Gasteiger partial charge is 0.313 e. The van der Waals surface area contributed by atoms with Crippen LogP contribution in [0.15, 0.2) is 11.7 Å². The van der Waals surface area contributed by atoms with Gasteiger partial charge in [0.2, 0.25) is 0 Å². The predicted molar refractivity (Wildman–Crippen MR) is 79.2 cm³/mol. The van der Waals surface area contributed by atoms with E-state index in [4.69, 9.17) is 0 Å². The lowest BCUT2D eigenvalue weighted by molar-refractivity contribution is -0.139. The number of rotatable bonds is 4. The van der Waals surface area contributed by atoms with Gasteiger partial charge in [-0.05, 0) is 13.8 Å². The summed E-state index contributed by atoms with van der Waals surface area (Å²) < 4.78 is 1.94. The highest BCUT2D eigenvalue weighted by molar-refractivity contribution is 7.09. The molecular formula is C14H18N4O2S. The highest BCUT2D eigenvalue weighted by atomic mass is 32.1. The number of thiazole rings is 1. The molecule has 1 aliphatic heterocycles. The number of hydrogen-bond acceptors (Lipinski definition) is 5. The first-order valence-electron chi connectivity index (χ1n) is 6.98. The van der Waals surface area contributed by atoms with Crippen molar-refractivity contribution in [3.05, 3.63) is 33.8 Å². The van der Waals surface area contributed by atoms with Crippen molar-refractivity contribution in [1.82, 2.24) is 19.4 Å². The normalized spacial score (nSPS) is 18.7. The van der Waals surface area contributed by atoms with Crippen LogP contribution in [0.4, 0.5) is 0 Å². The Morgan fingerprint density at radius 3 is 3.00 bits per heavy atom. The zero-order valence-corrected chi connectivity index (χ0v) is 12.9. The minimum absolute atomic E-state index is 0.505. The van der Waals surface area contributed by atoms with Crippen molar-refractivity contribution in [1.29, 1.82) is 0 Å².